The minimum Gasteiger partial charge on any atom is -0.459 e. The average molecular weight is 439 g/mol. The number of thiophene rings is 1. The van der Waals surface area contributed by atoms with Crippen LogP contribution in [0.15, 0.2) is 94.9 Å². The predicted molar refractivity (Wildman–Crippen MR) is 126 cm³/mol. The van der Waals surface area contributed by atoms with Crippen molar-refractivity contribution in [1.29, 1.82) is 0 Å². The summed E-state index contributed by atoms with van der Waals surface area (Å²) in [6, 6.07) is 23.5. The molecule has 2 aromatic carbocycles. The van der Waals surface area contributed by atoms with Gasteiger partial charge in [-0.15, -0.1) is 11.3 Å². The number of benzene rings is 2. The molecule has 0 aliphatic rings. The quantitative estimate of drug-likeness (QED) is 0.349. The van der Waals surface area contributed by atoms with Gasteiger partial charge in [-0.1, -0.05) is 30.3 Å². The lowest BCUT2D eigenvalue weighted by Gasteiger charge is -2.11. The van der Waals surface area contributed by atoms with E-state index in [0.29, 0.717) is 16.9 Å². The number of para-hydroxylation sites is 1. The van der Waals surface area contributed by atoms with E-state index < -0.39 is 0 Å². The molecule has 7 heteroatoms. The number of anilines is 2. The van der Waals surface area contributed by atoms with E-state index in [4.69, 9.17) is 9.40 Å². The summed E-state index contributed by atoms with van der Waals surface area (Å²) in [7, 11) is 0. The Morgan fingerprint density at radius 2 is 1.62 bits per heavy atom. The smallest absolute Gasteiger partial charge is 0.291 e. The van der Waals surface area contributed by atoms with Crippen LogP contribution in [0.1, 0.15) is 20.9 Å². The number of furan rings is 1. The van der Waals surface area contributed by atoms with Crippen LogP contribution in [-0.2, 0) is 0 Å². The fourth-order valence-corrected chi connectivity index (χ4v) is 4.07. The molecule has 0 spiro atoms. The molecule has 0 aliphatic heterocycles. The Morgan fingerprint density at radius 3 is 2.38 bits per heavy atom. The number of hydrogen-bond acceptors (Lipinski definition) is 5. The van der Waals surface area contributed by atoms with Crippen molar-refractivity contribution in [2.24, 2.45) is 0 Å². The third kappa shape index (κ3) is 4.01. The molecule has 3 heterocycles. The number of hydrogen-bond donors (Lipinski definition) is 2. The van der Waals surface area contributed by atoms with Gasteiger partial charge in [-0.05, 0) is 53.9 Å². The van der Waals surface area contributed by atoms with Crippen molar-refractivity contribution in [3.63, 3.8) is 0 Å². The SMILES string of the molecule is O=C(Nc1cccc(NC(=O)c2cc(-c3cccs3)nc3ccccc23)c1)c1ccco1. The molecule has 5 aromatic rings. The number of pyridine rings is 1. The van der Waals surface area contributed by atoms with Crippen molar-refractivity contribution in [2.45, 2.75) is 0 Å². The lowest BCUT2D eigenvalue weighted by Crippen LogP contribution is -2.14. The molecular formula is C25H17N3O3S. The highest BCUT2D eigenvalue weighted by Crippen LogP contribution is 2.28. The van der Waals surface area contributed by atoms with E-state index in [1.807, 2.05) is 47.8 Å². The molecule has 3 aromatic heterocycles. The van der Waals surface area contributed by atoms with E-state index in [1.165, 1.54) is 6.26 Å². The van der Waals surface area contributed by atoms with Gasteiger partial charge >= 0.3 is 0 Å². The van der Waals surface area contributed by atoms with Gasteiger partial charge in [0.25, 0.3) is 11.8 Å². The van der Waals surface area contributed by atoms with E-state index >= 15 is 0 Å². The number of fused-ring (bicyclic) bond motifs is 1. The van der Waals surface area contributed by atoms with Crippen molar-refractivity contribution in [3.05, 3.63) is 102 Å². The van der Waals surface area contributed by atoms with Crippen molar-refractivity contribution in [2.75, 3.05) is 10.6 Å². The fourth-order valence-electron chi connectivity index (χ4n) is 3.39. The van der Waals surface area contributed by atoms with Crippen molar-refractivity contribution in [1.82, 2.24) is 4.98 Å². The van der Waals surface area contributed by atoms with Crippen molar-refractivity contribution in [3.8, 4) is 10.6 Å². The topological polar surface area (TPSA) is 84.2 Å². The van der Waals surface area contributed by atoms with Crippen LogP contribution in [0, 0.1) is 0 Å². The second-order valence-corrected chi connectivity index (χ2v) is 7.96. The molecule has 32 heavy (non-hydrogen) atoms. The molecular weight excluding hydrogens is 422 g/mol. The summed E-state index contributed by atoms with van der Waals surface area (Å²) < 4.78 is 5.12. The Kier molecular flexibility index (Phi) is 5.23. The minimum absolute atomic E-state index is 0.212. The number of carbonyl (C=O) groups is 2. The average Bonchev–Trinajstić information content (AvgIpc) is 3.53. The first-order valence-electron chi connectivity index (χ1n) is 9.87. The Hall–Kier alpha value is -4.23. The van der Waals surface area contributed by atoms with Crippen molar-refractivity contribution >= 4 is 45.4 Å². The van der Waals surface area contributed by atoms with Gasteiger partial charge in [0.05, 0.1) is 27.9 Å². The Balaban J connectivity index is 1.43. The van der Waals surface area contributed by atoms with Gasteiger partial charge in [0, 0.05) is 16.8 Å². The van der Waals surface area contributed by atoms with Gasteiger partial charge in [-0.3, -0.25) is 9.59 Å². The molecule has 0 fully saturated rings. The van der Waals surface area contributed by atoms with Crippen LogP contribution in [0.4, 0.5) is 11.4 Å². The normalized spacial score (nSPS) is 10.8. The summed E-state index contributed by atoms with van der Waals surface area (Å²) in [4.78, 5) is 31.2. The van der Waals surface area contributed by atoms with Crippen LogP contribution >= 0.6 is 11.3 Å². The molecule has 2 N–H and O–H groups in total. The van der Waals surface area contributed by atoms with E-state index in [9.17, 15) is 9.59 Å². The summed E-state index contributed by atoms with van der Waals surface area (Å²) in [5.41, 5.74) is 3.14. The third-order valence-electron chi connectivity index (χ3n) is 4.86. The van der Waals surface area contributed by atoms with Gasteiger partial charge in [0.15, 0.2) is 5.76 Å². The van der Waals surface area contributed by atoms with Gasteiger partial charge in [-0.25, -0.2) is 4.98 Å². The van der Waals surface area contributed by atoms with E-state index in [0.717, 1.165) is 21.5 Å². The maximum atomic E-state index is 13.2. The molecule has 0 atom stereocenters. The minimum atomic E-state index is -0.362. The van der Waals surface area contributed by atoms with Crippen molar-refractivity contribution < 1.29 is 14.0 Å². The largest absolute Gasteiger partial charge is 0.459 e. The van der Waals surface area contributed by atoms with Gasteiger partial charge in [-0.2, -0.15) is 0 Å². The zero-order chi connectivity index (χ0) is 21.9. The Labute approximate surface area is 187 Å². The molecule has 156 valence electrons. The van der Waals surface area contributed by atoms with Crippen LogP contribution < -0.4 is 10.6 Å². The highest BCUT2D eigenvalue weighted by atomic mass is 32.1. The summed E-state index contributed by atoms with van der Waals surface area (Å²) in [5, 5.41) is 8.45. The van der Waals surface area contributed by atoms with E-state index in [-0.39, 0.29) is 17.6 Å². The summed E-state index contributed by atoms with van der Waals surface area (Å²) in [6.45, 7) is 0. The van der Waals surface area contributed by atoms with Crippen LogP contribution in [0.2, 0.25) is 0 Å². The van der Waals surface area contributed by atoms with Crippen LogP contribution in [-0.4, -0.2) is 16.8 Å². The Morgan fingerprint density at radius 1 is 0.812 bits per heavy atom. The first kappa shape index (κ1) is 19.7. The third-order valence-corrected chi connectivity index (χ3v) is 5.75. The summed E-state index contributed by atoms with van der Waals surface area (Å²) in [5.74, 6) is -0.404. The van der Waals surface area contributed by atoms with Gasteiger partial charge in [0.2, 0.25) is 0 Å². The predicted octanol–water partition coefficient (Wildman–Crippen LogP) is 6.06. The maximum absolute atomic E-state index is 13.2. The zero-order valence-electron chi connectivity index (χ0n) is 16.7. The van der Waals surface area contributed by atoms with Gasteiger partial charge in [0.1, 0.15) is 0 Å². The maximum Gasteiger partial charge on any atom is 0.291 e. The van der Waals surface area contributed by atoms with E-state index in [2.05, 4.69) is 10.6 Å². The number of nitrogens with one attached hydrogen (secondary N) is 2. The highest BCUT2D eigenvalue weighted by Gasteiger charge is 2.15. The Bertz CT molecular complexity index is 1410. The second kappa shape index (κ2) is 8.49. The number of amides is 2. The highest BCUT2D eigenvalue weighted by molar-refractivity contribution is 7.13. The zero-order valence-corrected chi connectivity index (χ0v) is 17.6. The molecule has 0 saturated carbocycles. The number of aromatic nitrogens is 1. The molecule has 0 bridgehead atoms. The molecule has 6 nitrogen and oxygen atoms in total. The monoisotopic (exact) mass is 439 g/mol. The number of rotatable bonds is 5. The number of carbonyl (C=O) groups excluding carboxylic acids is 2. The molecule has 2 amide bonds. The van der Waals surface area contributed by atoms with Crippen LogP contribution in [0.5, 0.6) is 0 Å². The van der Waals surface area contributed by atoms with E-state index in [1.54, 1.807) is 47.7 Å². The molecule has 5 rings (SSSR count). The first-order valence-corrected chi connectivity index (χ1v) is 10.8. The fraction of sp³-hybridized carbons (Fsp3) is 0. The molecule has 0 aliphatic carbocycles. The van der Waals surface area contributed by atoms with Gasteiger partial charge < -0.3 is 15.1 Å². The first-order chi connectivity index (χ1) is 15.7. The van der Waals surface area contributed by atoms with Crippen LogP contribution in [0.25, 0.3) is 21.5 Å². The van der Waals surface area contributed by atoms with Crippen LogP contribution in [0.3, 0.4) is 0 Å². The summed E-state index contributed by atoms with van der Waals surface area (Å²) in [6.07, 6.45) is 1.44. The molecule has 0 radical (unpaired) electrons. The molecule has 0 unspecified atom stereocenters. The molecule has 0 saturated heterocycles. The number of nitrogens with zero attached hydrogens (tertiary/aromatic N) is 1. The lowest BCUT2D eigenvalue weighted by atomic mass is 10.1. The second-order valence-electron chi connectivity index (χ2n) is 7.02. The lowest BCUT2D eigenvalue weighted by molar-refractivity contribution is 0.0995. The standard InChI is InChI=1S/C25H17N3O3S/c29-24(26-16-6-3-7-17(14-16)27-25(30)22-10-4-12-31-22)19-15-21(23-11-5-13-32-23)28-20-9-2-1-8-18(19)20/h1-15H,(H,26,29)(H,27,30). The summed E-state index contributed by atoms with van der Waals surface area (Å²) >= 11 is 1.57.